The van der Waals surface area contributed by atoms with E-state index in [0.717, 1.165) is 66.5 Å². The Balaban J connectivity index is 1.17. The van der Waals surface area contributed by atoms with E-state index < -0.39 is 0 Å². The summed E-state index contributed by atoms with van der Waals surface area (Å²) >= 11 is 0. The number of fused-ring (bicyclic) bond motifs is 8. The molecule has 0 atom stereocenters. The van der Waals surface area contributed by atoms with Gasteiger partial charge in [-0.05, 0) is 76.2 Å². The first-order chi connectivity index (χ1) is 24.3. The molecule has 10 aromatic rings. The summed E-state index contributed by atoms with van der Waals surface area (Å²) < 4.78 is 13.0. The molecular weight excluding hydrogens is 599 g/mol. The van der Waals surface area contributed by atoms with Crippen molar-refractivity contribution < 1.29 is 8.83 Å². The second-order valence-electron chi connectivity index (χ2n) is 12.5. The Hall–Kier alpha value is -6.58. The lowest BCUT2D eigenvalue weighted by molar-refractivity contribution is 0.669. The van der Waals surface area contributed by atoms with Crippen molar-refractivity contribution >= 4 is 71.7 Å². The minimum atomic E-state index is 0.870. The molecule has 0 bridgehead atoms. The number of furan rings is 2. The van der Waals surface area contributed by atoms with Crippen LogP contribution in [0.25, 0.3) is 76.9 Å². The van der Waals surface area contributed by atoms with Crippen molar-refractivity contribution in [1.82, 2.24) is 0 Å². The minimum absolute atomic E-state index is 0.870. The molecule has 230 valence electrons. The summed E-state index contributed by atoms with van der Waals surface area (Å²) in [5.41, 5.74) is 11.3. The van der Waals surface area contributed by atoms with Gasteiger partial charge in [0, 0.05) is 38.3 Å². The topological polar surface area (TPSA) is 29.5 Å². The van der Waals surface area contributed by atoms with Crippen LogP contribution in [-0.2, 0) is 0 Å². The Morgan fingerprint density at radius 2 is 0.959 bits per heavy atom. The predicted octanol–water partition coefficient (Wildman–Crippen LogP) is 13.4. The van der Waals surface area contributed by atoms with Crippen molar-refractivity contribution in [2.75, 3.05) is 4.90 Å². The van der Waals surface area contributed by atoms with E-state index >= 15 is 0 Å². The minimum Gasteiger partial charge on any atom is -0.456 e. The number of hydrogen-bond donors (Lipinski definition) is 0. The highest BCUT2D eigenvalue weighted by Crippen LogP contribution is 2.45. The van der Waals surface area contributed by atoms with Crippen molar-refractivity contribution in [3.8, 4) is 22.3 Å². The van der Waals surface area contributed by atoms with Gasteiger partial charge in [-0.15, -0.1) is 0 Å². The second-order valence-corrected chi connectivity index (χ2v) is 12.5. The maximum Gasteiger partial charge on any atom is 0.159 e. The monoisotopic (exact) mass is 627 g/mol. The number of hydrogen-bond acceptors (Lipinski definition) is 3. The lowest BCUT2D eigenvalue weighted by Gasteiger charge is -2.25. The van der Waals surface area contributed by atoms with E-state index in [0.29, 0.717) is 0 Å². The van der Waals surface area contributed by atoms with Crippen molar-refractivity contribution in [3.05, 3.63) is 176 Å². The van der Waals surface area contributed by atoms with Crippen molar-refractivity contribution in [3.63, 3.8) is 0 Å². The van der Waals surface area contributed by atoms with Gasteiger partial charge in [0.1, 0.15) is 16.7 Å². The SMILES string of the molecule is c1ccc(-c2cccc3oc4ccc5cccc(-c6ccc(N(c7ccccc7)c7cccc8c7oc7ccccc78)cc6)c5c4c23)cc1. The fourth-order valence-corrected chi connectivity index (χ4v) is 7.49. The van der Waals surface area contributed by atoms with Crippen LogP contribution < -0.4 is 4.90 Å². The molecule has 0 saturated carbocycles. The molecule has 0 aliphatic carbocycles. The van der Waals surface area contributed by atoms with Crippen LogP contribution in [0.2, 0.25) is 0 Å². The summed E-state index contributed by atoms with van der Waals surface area (Å²) in [5.74, 6) is 0. The van der Waals surface area contributed by atoms with Gasteiger partial charge in [-0.1, -0.05) is 127 Å². The first kappa shape index (κ1) is 27.5. The van der Waals surface area contributed by atoms with Gasteiger partial charge < -0.3 is 13.7 Å². The van der Waals surface area contributed by atoms with Crippen LogP contribution in [0.15, 0.2) is 185 Å². The molecule has 8 aromatic carbocycles. The van der Waals surface area contributed by atoms with E-state index in [1.807, 2.05) is 12.1 Å². The number of nitrogens with zero attached hydrogens (tertiary/aromatic N) is 1. The van der Waals surface area contributed by atoms with E-state index in [1.54, 1.807) is 0 Å². The van der Waals surface area contributed by atoms with Crippen LogP contribution >= 0.6 is 0 Å². The van der Waals surface area contributed by atoms with E-state index in [2.05, 4.69) is 169 Å². The molecular formula is C46H29NO2. The Labute approximate surface area is 282 Å². The van der Waals surface area contributed by atoms with E-state index in [1.165, 1.54) is 27.5 Å². The highest BCUT2D eigenvalue weighted by molar-refractivity contribution is 6.26. The lowest BCUT2D eigenvalue weighted by Crippen LogP contribution is -2.10. The molecule has 2 aromatic heterocycles. The standard InChI is InChI=1S/C46H29NO2/c1-3-12-30(13-4-1)36-19-11-23-41-44(36)45-42(48-41)29-26-32-14-9-18-35(43(32)45)31-24-27-34(28-25-31)47(33-15-5-2-6-16-33)39-21-10-20-38-37-17-7-8-22-40(37)49-46(38)39/h1-29H. The third-order valence-corrected chi connectivity index (χ3v) is 9.66. The first-order valence-corrected chi connectivity index (χ1v) is 16.6. The molecule has 0 amide bonds. The summed E-state index contributed by atoms with van der Waals surface area (Å²) in [4.78, 5) is 2.28. The van der Waals surface area contributed by atoms with Crippen LogP contribution in [0.1, 0.15) is 0 Å². The number of para-hydroxylation sites is 3. The van der Waals surface area contributed by atoms with Crippen LogP contribution in [0.5, 0.6) is 0 Å². The Bertz CT molecular complexity index is 2810. The summed E-state index contributed by atoms with van der Waals surface area (Å²) in [6.45, 7) is 0. The first-order valence-electron chi connectivity index (χ1n) is 16.6. The Morgan fingerprint density at radius 1 is 0.347 bits per heavy atom. The van der Waals surface area contributed by atoms with Gasteiger partial charge in [-0.3, -0.25) is 0 Å². The van der Waals surface area contributed by atoms with Gasteiger partial charge in [0.05, 0.1) is 5.69 Å². The zero-order valence-electron chi connectivity index (χ0n) is 26.5. The maximum absolute atomic E-state index is 6.51. The molecule has 0 aliphatic rings. The van der Waals surface area contributed by atoms with Crippen molar-refractivity contribution in [2.24, 2.45) is 0 Å². The molecule has 0 aliphatic heterocycles. The van der Waals surface area contributed by atoms with Crippen molar-refractivity contribution in [2.45, 2.75) is 0 Å². The fraction of sp³-hybridized carbons (Fsp3) is 0. The quantitative estimate of drug-likeness (QED) is 0.190. The third-order valence-electron chi connectivity index (χ3n) is 9.66. The molecule has 0 unspecified atom stereocenters. The molecule has 2 heterocycles. The van der Waals surface area contributed by atoms with E-state index in [4.69, 9.17) is 8.83 Å². The summed E-state index contributed by atoms with van der Waals surface area (Å²) in [6, 6.07) is 61.8. The summed E-state index contributed by atoms with van der Waals surface area (Å²) in [7, 11) is 0. The molecule has 0 fully saturated rings. The zero-order chi connectivity index (χ0) is 32.3. The van der Waals surface area contributed by atoms with E-state index in [9.17, 15) is 0 Å². The van der Waals surface area contributed by atoms with E-state index in [-0.39, 0.29) is 0 Å². The van der Waals surface area contributed by atoms with Gasteiger partial charge in [0.2, 0.25) is 0 Å². The Morgan fingerprint density at radius 3 is 1.80 bits per heavy atom. The highest BCUT2D eigenvalue weighted by atomic mass is 16.3. The van der Waals surface area contributed by atoms with Gasteiger partial charge in [0.25, 0.3) is 0 Å². The fourth-order valence-electron chi connectivity index (χ4n) is 7.49. The van der Waals surface area contributed by atoms with Gasteiger partial charge in [-0.25, -0.2) is 0 Å². The van der Waals surface area contributed by atoms with Crippen LogP contribution in [0.4, 0.5) is 17.1 Å². The number of anilines is 3. The smallest absolute Gasteiger partial charge is 0.159 e. The molecule has 49 heavy (non-hydrogen) atoms. The highest BCUT2D eigenvalue weighted by Gasteiger charge is 2.21. The molecule has 0 radical (unpaired) electrons. The molecule has 10 rings (SSSR count). The average molecular weight is 628 g/mol. The normalized spacial score (nSPS) is 11.7. The summed E-state index contributed by atoms with van der Waals surface area (Å²) in [6.07, 6.45) is 0. The molecule has 0 spiro atoms. The molecule has 3 heteroatoms. The van der Waals surface area contributed by atoms with Gasteiger partial charge in [0.15, 0.2) is 5.58 Å². The summed E-state index contributed by atoms with van der Waals surface area (Å²) in [5, 5.41) is 6.89. The van der Waals surface area contributed by atoms with Crippen LogP contribution in [0, 0.1) is 0 Å². The molecule has 0 N–H and O–H groups in total. The van der Waals surface area contributed by atoms with Crippen LogP contribution in [-0.4, -0.2) is 0 Å². The second kappa shape index (κ2) is 11.0. The molecule has 3 nitrogen and oxygen atoms in total. The van der Waals surface area contributed by atoms with Crippen LogP contribution in [0.3, 0.4) is 0 Å². The average Bonchev–Trinajstić information content (AvgIpc) is 3.75. The number of rotatable bonds is 5. The molecule has 0 saturated heterocycles. The van der Waals surface area contributed by atoms with Gasteiger partial charge >= 0.3 is 0 Å². The van der Waals surface area contributed by atoms with Gasteiger partial charge in [-0.2, -0.15) is 0 Å². The zero-order valence-corrected chi connectivity index (χ0v) is 26.5. The number of benzene rings is 8. The Kier molecular flexibility index (Phi) is 6.18. The largest absolute Gasteiger partial charge is 0.456 e. The third kappa shape index (κ3) is 4.37. The lowest BCUT2D eigenvalue weighted by atomic mass is 9.92. The van der Waals surface area contributed by atoms with Crippen molar-refractivity contribution in [1.29, 1.82) is 0 Å². The predicted molar refractivity (Wildman–Crippen MR) is 204 cm³/mol. The maximum atomic E-state index is 6.51.